The molecule has 16 heavy (non-hydrogen) atoms. The molecule has 3 heteroatoms. The third-order valence-corrected chi connectivity index (χ3v) is 2.73. The van der Waals surface area contributed by atoms with Gasteiger partial charge in [-0.05, 0) is 18.7 Å². The zero-order valence-corrected chi connectivity index (χ0v) is 9.77. The Labute approximate surface area is 95.9 Å². The van der Waals surface area contributed by atoms with Crippen molar-refractivity contribution >= 4 is 16.5 Å². The summed E-state index contributed by atoms with van der Waals surface area (Å²) < 4.78 is 0. The summed E-state index contributed by atoms with van der Waals surface area (Å²) in [6.07, 6.45) is 2.69. The molecule has 1 aromatic carbocycles. The van der Waals surface area contributed by atoms with Crippen LogP contribution in [0.5, 0.6) is 0 Å². The second-order valence-corrected chi connectivity index (χ2v) is 4.06. The fourth-order valence-electron chi connectivity index (χ4n) is 1.98. The van der Waals surface area contributed by atoms with Crippen molar-refractivity contribution in [1.82, 2.24) is 4.98 Å². The van der Waals surface area contributed by atoms with E-state index >= 15 is 0 Å². The second kappa shape index (κ2) is 4.49. The highest BCUT2D eigenvalue weighted by Gasteiger charge is 2.06. The number of nitrogens with two attached hydrogens (primary N) is 1. The molecule has 0 aliphatic heterocycles. The van der Waals surface area contributed by atoms with Crippen molar-refractivity contribution in [3.05, 3.63) is 36.2 Å². The van der Waals surface area contributed by atoms with E-state index in [1.54, 1.807) is 0 Å². The van der Waals surface area contributed by atoms with Gasteiger partial charge in [0.2, 0.25) is 0 Å². The molecule has 0 aliphatic rings. The minimum Gasteiger partial charge on any atom is -0.377 e. The largest absolute Gasteiger partial charge is 0.377 e. The number of pyridine rings is 1. The molecule has 0 bridgehead atoms. The Kier molecular flexibility index (Phi) is 3.06. The van der Waals surface area contributed by atoms with E-state index in [-0.39, 0.29) is 0 Å². The average Bonchev–Trinajstić information content (AvgIpc) is 2.29. The molecule has 1 heterocycles. The number of nitrogens with zero attached hydrogens (tertiary/aromatic N) is 2. The van der Waals surface area contributed by atoms with E-state index in [2.05, 4.69) is 48.2 Å². The zero-order valence-electron chi connectivity index (χ0n) is 9.77. The number of hydrogen-bond donors (Lipinski definition) is 1. The first kappa shape index (κ1) is 10.9. The summed E-state index contributed by atoms with van der Waals surface area (Å²) in [6, 6.07) is 8.36. The van der Waals surface area contributed by atoms with E-state index in [0.29, 0.717) is 6.54 Å². The van der Waals surface area contributed by atoms with Crippen LogP contribution in [0.4, 0.5) is 5.69 Å². The molecule has 2 rings (SSSR count). The van der Waals surface area contributed by atoms with Gasteiger partial charge in [0, 0.05) is 48.9 Å². The lowest BCUT2D eigenvalue weighted by molar-refractivity contribution is 0.935. The van der Waals surface area contributed by atoms with Crippen molar-refractivity contribution < 1.29 is 0 Å². The van der Waals surface area contributed by atoms with Crippen molar-refractivity contribution in [3.63, 3.8) is 0 Å². The summed E-state index contributed by atoms with van der Waals surface area (Å²) in [5.41, 5.74) is 7.91. The van der Waals surface area contributed by atoms with Gasteiger partial charge in [0.1, 0.15) is 0 Å². The molecule has 2 aromatic rings. The Bertz CT molecular complexity index is 492. The first-order valence-electron chi connectivity index (χ1n) is 5.48. The average molecular weight is 215 g/mol. The number of anilines is 1. The molecule has 0 amide bonds. The molecule has 0 radical (unpaired) electrons. The summed E-state index contributed by atoms with van der Waals surface area (Å²) in [6.45, 7) is 0.637. The maximum Gasteiger partial charge on any atom is 0.0495 e. The molecule has 0 saturated heterocycles. The highest BCUT2D eigenvalue weighted by molar-refractivity contribution is 5.95. The van der Waals surface area contributed by atoms with Gasteiger partial charge in [0.15, 0.2) is 0 Å². The fourth-order valence-corrected chi connectivity index (χ4v) is 1.98. The van der Waals surface area contributed by atoms with E-state index in [4.69, 9.17) is 5.73 Å². The van der Waals surface area contributed by atoms with Crippen LogP contribution in [0.1, 0.15) is 5.69 Å². The molecule has 2 N–H and O–H groups in total. The smallest absolute Gasteiger partial charge is 0.0495 e. The Morgan fingerprint density at radius 3 is 2.69 bits per heavy atom. The van der Waals surface area contributed by atoms with E-state index in [9.17, 15) is 0 Å². The van der Waals surface area contributed by atoms with Crippen LogP contribution < -0.4 is 10.6 Å². The molecule has 1 aromatic heterocycles. The third kappa shape index (κ3) is 1.86. The molecule has 0 unspecified atom stereocenters. The first-order valence-corrected chi connectivity index (χ1v) is 5.48. The monoisotopic (exact) mass is 215 g/mol. The number of fused-ring (bicyclic) bond motifs is 1. The van der Waals surface area contributed by atoms with Crippen LogP contribution in [0.25, 0.3) is 10.8 Å². The molecule has 84 valence electrons. The van der Waals surface area contributed by atoms with Gasteiger partial charge in [-0.2, -0.15) is 0 Å². The summed E-state index contributed by atoms with van der Waals surface area (Å²) in [7, 11) is 4.11. The van der Waals surface area contributed by atoms with Crippen LogP contribution in [0.2, 0.25) is 0 Å². The highest BCUT2D eigenvalue weighted by atomic mass is 15.1. The fraction of sp³-hybridized carbons (Fsp3) is 0.308. The van der Waals surface area contributed by atoms with Crippen LogP contribution in [-0.2, 0) is 6.42 Å². The number of aromatic nitrogens is 1. The third-order valence-electron chi connectivity index (χ3n) is 2.73. The van der Waals surface area contributed by atoms with Gasteiger partial charge in [-0.15, -0.1) is 0 Å². The van der Waals surface area contributed by atoms with Crippen molar-refractivity contribution in [2.24, 2.45) is 5.73 Å². The van der Waals surface area contributed by atoms with E-state index in [0.717, 1.165) is 12.1 Å². The summed E-state index contributed by atoms with van der Waals surface area (Å²) in [4.78, 5) is 6.52. The summed E-state index contributed by atoms with van der Waals surface area (Å²) in [5.74, 6) is 0. The molecular weight excluding hydrogens is 198 g/mol. The van der Waals surface area contributed by atoms with E-state index < -0.39 is 0 Å². The van der Waals surface area contributed by atoms with Crippen molar-refractivity contribution in [3.8, 4) is 0 Å². The van der Waals surface area contributed by atoms with Crippen LogP contribution in [0.15, 0.2) is 30.5 Å². The molecule has 0 spiro atoms. The van der Waals surface area contributed by atoms with Crippen molar-refractivity contribution in [2.45, 2.75) is 6.42 Å². The predicted octanol–water partition coefficient (Wildman–Crippen LogP) is 1.80. The maximum atomic E-state index is 5.60. The lowest BCUT2D eigenvalue weighted by atomic mass is 10.1. The van der Waals surface area contributed by atoms with Gasteiger partial charge in [-0.1, -0.05) is 12.1 Å². The summed E-state index contributed by atoms with van der Waals surface area (Å²) >= 11 is 0. The molecular formula is C13H17N3. The quantitative estimate of drug-likeness (QED) is 0.849. The van der Waals surface area contributed by atoms with Crippen LogP contribution in [-0.4, -0.2) is 25.6 Å². The first-order chi connectivity index (χ1) is 7.74. The predicted molar refractivity (Wildman–Crippen MR) is 68.8 cm³/mol. The standard InChI is InChI=1S/C13H17N3/c1-16(2)13-5-3-4-10-11(13)7-9-15-12(10)6-8-14/h3-5,7,9H,6,8,14H2,1-2H3. The Hall–Kier alpha value is -1.61. The number of hydrogen-bond acceptors (Lipinski definition) is 3. The van der Waals surface area contributed by atoms with Gasteiger partial charge in [-0.3, -0.25) is 4.98 Å². The minimum absolute atomic E-state index is 0.637. The van der Waals surface area contributed by atoms with Crippen molar-refractivity contribution in [1.29, 1.82) is 0 Å². The lowest BCUT2D eigenvalue weighted by Gasteiger charge is -2.16. The molecule has 3 nitrogen and oxygen atoms in total. The number of benzene rings is 1. The Morgan fingerprint density at radius 1 is 1.19 bits per heavy atom. The lowest BCUT2D eigenvalue weighted by Crippen LogP contribution is -2.10. The van der Waals surface area contributed by atoms with Gasteiger partial charge < -0.3 is 10.6 Å². The van der Waals surface area contributed by atoms with Crippen LogP contribution >= 0.6 is 0 Å². The minimum atomic E-state index is 0.637. The van der Waals surface area contributed by atoms with Gasteiger partial charge in [0.25, 0.3) is 0 Å². The SMILES string of the molecule is CN(C)c1cccc2c(CCN)nccc12. The van der Waals surface area contributed by atoms with Gasteiger partial charge >= 0.3 is 0 Å². The molecule has 0 atom stereocenters. The highest BCUT2D eigenvalue weighted by Crippen LogP contribution is 2.26. The number of rotatable bonds is 3. The van der Waals surface area contributed by atoms with Crippen molar-refractivity contribution in [2.75, 3.05) is 25.5 Å². The molecule has 0 aliphatic carbocycles. The van der Waals surface area contributed by atoms with E-state index in [1.807, 2.05) is 6.20 Å². The van der Waals surface area contributed by atoms with Crippen LogP contribution in [0, 0.1) is 0 Å². The Balaban J connectivity index is 2.66. The van der Waals surface area contributed by atoms with E-state index in [1.165, 1.54) is 16.5 Å². The maximum absolute atomic E-state index is 5.60. The van der Waals surface area contributed by atoms with Gasteiger partial charge in [0.05, 0.1) is 0 Å². The van der Waals surface area contributed by atoms with Gasteiger partial charge in [-0.25, -0.2) is 0 Å². The van der Waals surface area contributed by atoms with Crippen LogP contribution in [0.3, 0.4) is 0 Å². The second-order valence-electron chi connectivity index (χ2n) is 4.06. The molecule has 0 saturated carbocycles. The Morgan fingerprint density at radius 2 is 2.00 bits per heavy atom. The molecule has 0 fully saturated rings. The normalized spacial score (nSPS) is 10.7. The zero-order chi connectivity index (χ0) is 11.5. The topological polar surface area (TPSA) is 42.1 Å². The summed E-state index contributed by atoms with van der Waals surface area (Å²) in [5, 5.41) is 2.45.